The molecule has 0 unspecified atom stereocenters. The molecule has 0 aromatic heterocycles. The Balaban J connectivity index is 0.00000338. The summed E-state index contributed by atoms with van der Waals surface area (Å²) in [5, 5.41) is 3.01. The second-order valence-corrected chi connectivity index (χ2v) is 6.11. The molecule has 2 aromatic carbocycles. The van der Waals surface area contributed by atoms with E-state index in [0.29, 0.717) is 18.0 Å². The van der Waals surface area contributed by atoms with Gasteiger partial charge >= 0.3 is 0 Å². The van der Waals surface area contributed by atoms with E-state index in [0.717, 1.165) is 22.6 Å². The number of nitrogens with two attached hydrogens (primary N) is 1. The summed E-state index contributed by atoms with van der Waals surface area (Å²) in [6.45, 7) is 0.377. The first-order valence-corrected chi connectivity index (χ1v) is 9.02. The van der Waals surface area contributed by atoms with Crippen LogP contribution in [0.15, 0.2) is 41.4 Å². The lowest BCUT2D eigenvalue weighted by molar-refractivity contribution is 0.355. The van der Waals surface area contributed by atoms with Gasteiger partial charge in [0.2, 0.25) is 0 Å². The van der Waals surface area contributed by atoms with Gasteiger partial charge in [-0.25, -0.2) is 9.38 Å². The highest BCUT2D eigenvalue weighted by Crippen LogP contribution is 2.29. The second-order valence-electron chi connectivity index (χ2n) is 5.24. The van der Waals surface area contributed by atoms with Crippen LogP contribution in [0, 0.1) is 5.82 Å². The molecular weight excluding hydrogens is 468 g/mol. The molecule has 0 aliphatic heterocycles. The minimum Gasteiger partial charge on any atom is -0.493 e. The Bertz CT molecular complexity index is 759. The molecular formula is C18H23FIN3O2S. The predicted molar refractivity (Wildman–Crippen MR) is 118 cm³/mol. The van der Waals surface area contributed by atoms with Crippen LogP contribution < -0.4 is 20.5 Å². The van der Waals surface area contributed by atoms with Crippen molar-refractivity contribution >= 4 is 47.4 Å². The van der Waals surface area contributed by atoms with Crippen LogP contribution in [0.1, 0.15) is 11.1 Å². The number of methoxy groups -OCH3 is 2. The summed E-state index contributed by atoms with van der Waals surface area (Å²) in [6, 6.07) is 10.1. The Morgan fingerprint density at radius 2 is 1.85 bits per heavy atom. The number of hydrogen-bond donors (Lipinski definition) is 2. The standard InChI is InChI=1S/C18H22FN3O2S.HI/c1-23-16-7-6-15(9-17(16)24-2)22-18(20)21-10-12-4-5-14(19)8-13(12)11-25-3;/h4-9H,10-11H2,1-3H3,(H3,20,21,22);1H. The first-order valence-electron chi connectivity index (χ1n) is 7.62. The molecule has 3 N–H and O–H groups in total. The second kappa shape index (κ2) is 11.1. The quantitative estimate of drug-likeness (QED) is 0.345. The van der Waals surface area contributed by atoms with E-state index in [-0.39, 0.29) is 35.8 Å². The smallest absolute Gasteiger partial charge is 0.193 e. The van der Waals surface area contributed by atoms with E-state index in [1.807, 2.05) is 12.3 Å². The Labute approximate surface area is 174 Å². The Hall–Kier alpha value is -1.68. The summed E-state index contributed by atoms with van der Waals surface area (Å²) in [5.41, 5.74) is 8.57. The van der Waals surface area contributed by atoms with Gasteiger partial charge in [0.1, 0.15) is 5.82 Å². The Morgan fingerprint density at radius 1 is 1.12 bits per heavy atom. The Morgan fingerprint density at radius 3 is 2.50 bits per heavy atom. The van der Waals surface area contributed by atoms with Crippen molar-refractivity contribution in [2.45, 2.75) is 12.3 Å². The Kier molecular flexibility index (Phi) is 9.57. The van der Waals surface area contributed by atoms with Crippen LogP contribution >= 0.6 is 35.7 Å². The minimum atomic E-state index is -0.242. The number of nitrogens with one attached hydrogen (secondary N) is 1. The zero-order valence-corrected chi connectivity index (χ0v) is 18.1. The average molecular weight is 491 g/mol. The molecule has 0 heterocycles. The van der Waals surface area contributed by atoms with Crippen molar-refractivity contribution in [1.82, 2.24) is 0 Å². The number of halogens is 2. The van der Waals surface area contributed by atoms with Gasteiger partial charge in [0.15, 0.2) is 17.5 Å². The summed E-state index contributed by atoms with van der Waals surface area (Å²) in [7, 11) is 3.15. The highest BCUT2D eigenvalue weighted by molar-refractivity contribution is 14.0. The van der Waals surface area contributed by atoms with Crippen LogP contribution in [-0.2, 0) is 12.3 Å². The van der Waals surface area contributed by atoms with Gasteiger partial charge in [-0.1, -0.05) is 6.07 Å². The SMILES string of the molecule is COc1ccc(NC(N)=NCc2ccc(F)cc2CSC)cc1OC.I. The topological polar surface area (TPSA) is 68.9 Å². The van der Waals surface area contributed by atoms with E-state index in [2.05, 4.69) is 10.3 Å². The van der Waals surface area contributed by atoms with E-state index >= 15 is 0 Å². The molecule has 0 radical (unpaired) electrons. The maximum atomic E-state index is 13.4. The maximum absolute atomic E-state index is 13.4. The fourth-order valence-electron chi connectivity index (χ4n) is 2.31. The summed E-state index contributed by atoms with van der Waals surface area (Å²) in [6.07, 6.45) is 1.98. The van der Waals surface area contributed by atoms with Crippen LogP contribution in [0.2, 0.25) is 0 Å². The van der Waals surface area contributed by atoms with Crippen molar-refractivity contribution in [2.24, 2.45) is 10.7 Å². The molecule has 5 nitrogen and oxygen atoms in total. The first-order chi connectivity index (χ1) is 12.1. The van der Waals surface area contributed by atoms with Gasteiger partial charge in [-0.05, 0) is 41.6 Å². The van der Waals surface area contributed by atoms with Gasteiger partial charge in [-0.15, -0.1) is 24.0 Å². The fourth-order valence-corrected chi connectivity index (χ4v) is 2.89. The molecule has 0 spiro atoms. The predicted octanol–water partition coefficient (Wildman–Crippen LogP) is 4.25. The molecule has 26 heavy (non-hydrogen) atoms. The van der Waals surface area contributed by atoms with E-state index in [1.165, 1.54) is 6.07 Å². The number of rotatable bonds is 7. The van der Waals surface area contributed by atoms with E-state index < -0.39 is 0 Å². The first kappa shape index (κ1) is 22.4. The zero-order valence-electron chi connectivity index (χ0n) is 14.9. The lowest BCUT2D eigenvalue weighted by Gasteiger charge is -2.11. The molecule has 2 rings (SSSR count). The number of nitrogens with zero attached hydrogens (tertiary/aromatic N) is 1. The van der Waals surface area contributed by atoms with Crippen LogP contribution in [0.5, 0.6) is 11.5 Å². The van der Waals surface area contributed by atoms with Crippen molar-refractivity contribution in [1.29, 1.82) is 0 Å². The zero-order chi connectivity index (χ0) is 18.2. The summed E-state index contributed by atoms with van der Waals surface area (Å²) in [4.78, 5) is 4.34. The van der Waals surface area contributed by atoms with Crippen LogP contribution in [0.3, 0.4) is 0 Å². The summed E-state index contributed by atoms with van der Waals surface area (Å²) >= 11 is 1.63. The molecule has 0 fully saturated rings. The number of thioether (sulfide) groups is 1. The lowest BCUT2D eigenvalue weighted by Crippen LogP contribution is -2.22. The van der Waals surface area contributed by atoms with Crippen molar-refractivity contribution < 1.29 is 13.9 Å². The molecule has 142 valence electrons. The maximum Gasteiger partial charge on any atom is 0.193 e. The van der Waals surface area contributed by atoms with Crippen molar-refractivity contribution in [3.63, 3.8) is 0 Å². The van der Waals surface area contributed by atoms with Gasteiger partial charge in [0.25, 0.3) is 0 Å². The lowest BCUT2D eigenvalue weighted by atomic mass is 10.1. The third kappa shape index (κ3) is 6.24. The van der Waals surface area contributed by atoms with Gasteiger partial charge in [-0.3, -0.25) is 0 Å². The number of ether oxygens (including phenoxy) is 2. The molecule has 0 bridgehead atoms. The van der Waals surface area contributed by atoms with Crippen LogP contribution in [-0.4, -0.2) is 26.4 Å². The van der Waals surface area contributed by atoms with E-state index in [4.69, 9.17) is 15.2 Å². The van der Waals surface area contributed by atoms with E-state index in [1.54, 1.807) is 50.2 Å². The highest BCUT2D eigenvalue weighted by Gasteiger charge is 2.06. The van der Waals surface area contributed by atoms with Crippen molar-refractivity contribution in [3.8, 4) is 11.5 Å². The summed E-state index contributed by atoms with van der Waals surface area (Å²) < 4.78 is 23.8. The molecule has 0 saturated heterocycles. The number of anilines is 1. The third-order valence-corrected chi connectivity index (χ3v) is 4.14. The number of benzene rings is 2. The minimum absolute atomic E-state index is 0. The molecule has 0 aliphatic carbocycles. The number of aliphatic imine (C=N–C) groups is 1. The van der Waals surface area contributed by atoms with Crippen molar-refractivity contribution in [2.75, 3.05) is 25.8 Å². The van der Waals surface area contributed by atoms with Crippen LogP contribution in [0.25, 0.3) is 0 Å². The fraction of sp³-hybridized carbons (Fsp3) is 0.278. The largest absolute Gasteiger partial charge is 0.493 e. The van der Waals surface area contributed by atoms with Gasteiger partial charge in [-0.2, -0.15) is 11.8 Å². The van der Waals surface area contributed by atoms with E-state index in [9.17, 15) is 4.39 Å². The molecule has 0 amide bonds. The van der Waals surface area contributed by atoms with Crippen molar-refractivity contribution in [3.05, 3.63) is 53.3 Å². The molecule has 8 heteroatoms. The molecule has 2 aromatic rings. The molecule has 0 atom stereocenters. The summed E-state index contributed by atoms with van der Waals surface area (Å²) in [5.74, 6) is 1.99. The normalized spacial score (nSPS) is 10.8. The molecule has 0 aliphatic rings. The van der Waals surface area contributed by atoms with Crippen LogP contribution in [0.4, 0.5) is 10.1 Å². The number of hydrogen-bond acceptors (Lipinski definition) is 4. The number of guanidine groups is 1. The molecule has 0 saturated carbocycles. The van der Waals surface area contributed by atoms with Gasteiger partial charge in [0.05, 0.1) is 20.8 Å². The van der Waals surface area contributed by atoms with Gasteiger partial charge in [0, 0.05) is 17.5 Å². The van der Waals surface area contributed by atoms with Gasteiger partial charge < -0.3 is 20.5 Å². The third-order valence-electron chi connectivity index (χ3n) is 3.54. The average Bonchev–Trinajstić information content (AvgIpc) is 2.61. The highest BCUT2D eigenvalue weighted by atomic mass is 127. The monoisotopic (exact) mass is 491 g/mol.